The molecule has 11 heteroatoms. The summed E-state index contributed by atoms with van der Waals surface area (Å²) in [6.45, 7) is 15.1. The molecule has 238 valence electrons. The fourth-order valence-electron chi connectivity index (χ4n) is 5.41. The lowest BCUT2D eigenvalue weighted by atomic mass is 9.78. The van der Waals surface area contributed by atoms with Crippen molar-refractivity contribution in [1.29, 1.82) is 0 Å². The molecule has 0 radical (unpaired) electrons. The number of carbonyl (C=O) groups excluding carboxylic acids is 3. The van der Waals surface area contributed by atoms with Crippen LogP contribution in [-0.2, 0) is 25.5 Å². The summed E-state index contributed by atoms with van der Waals surface area (Å²) in [6.07, 6.45) is 1.95. The zero-order valence-electron chi connectivity index (χ0n) is 26.8. The fraction of sp³-hybridized carbons (Fsp3) is 0.545. The number of ether oxygens (including phenoxy) is 2. The van der Waals surface area contributed by atoms with E-state index in [0.717, 1.165) is 32.4 Å². The zero-order valence-corrected chi connectivity index (χ0v) is 26.8. The number of aryl methyl sites for hydroxylation is 1. The molecule has 1 atom stereocenters. The zero-order chi connectivity index (χ0) is 32.2. The van der Waals surface area contributed by atoms with E-state index < -0.39 is 23.6 Å². The molecular weight excluding hydrogens is 565 g/mol. The van der Waals surface area contributed by atoms with E-state index in [1.54, 1.807) is 29.6 Å². The lowest BCUT2D eigenvalue weighted by Crippen LogP contribution is -2.41. The molecule has 1 aliphatic rings. The Bertz CT molecular complexity index is 1500. The number of benzene rings is 1. The summed E-state index contributed by atoms with van der Waals surface area (Å²) in [7, 11) is 0. The summed E-state index contributed by atoms with van der Waals surface area (Å²) in [5.41, 5.74) is 1.83. The van der Waals surface area contributed by atoms with Gasteiger partial charge < -0.3 is 19.7 Å². The first-order valence-corrected chi connectivity index (χ1v) is 15.3. The van der Waals surface area contributed by atoms with Crippen LogP contribution in [0, 0.1) is 18.2 Å². The van der Waals surface area contributed by atoms with Gasteiger partial charge in [0.25, 0.3) is 5.91 Å². The second-order valence-electron chi connectivity index (χ2n) is 12.8. The first-order valence-electron chi connectivity index (χ1n) is 15.3. The molecule has 1 fully saturated rings. The van der Waals surface area contributed by atoms with Gasteiger partial charge in [0.2, 0.25) is 0 Å². The molecule has 1 amide bonds. The molecule has 3 heterocycles. The molecule has 0 saturated carbocycles. The Hall–Kier alpha value is -3.86. The number of fused-ring (bicyclic) bond motifs is 1. The van der Waals surface area contributed by atoms with Gasteiger partial charge >= 0.3 is 5.97 Å². The monoisotopic (exact) mass is 609 g/mol. The van der Waals surface area contributed by atoms with Crippen LogP contribution in [0.15, 0.2) is 30.3 Å². The summed E-state index contributed by atoms with van der Waals surface area (Å²) in [5, 5.41) is 7.29. The molecule has 10 nitrogen and oxygen atoms in total. The number of carbonyl (C=O) groups is 3. The quantitative estimate of drug-likeness (QED) is 0.297. The summed E-state index contributed by atoms with van der Waals surface area (Å²) in [4.78, 5) is 46.0. The topological polar surface area (TPSA) is 115 Å². The van der Waals surface area contributed by atoms with E-state index in [1.807, 2.05) is 27.7 Å². The highest BCUT2D eigenvalue weighted by Crippen LogP contribution is 2.40. The maximum atomic E-state index is 13.4. The van der Waals surface area contributed by atoms with Gasteiger partial charge in [-0.1, -0.05) is 32.4 Å². The van der Waals surface area contributed by atoms with E-state index in [9.17, 15) is 18.8 Å². The van der Waals surface area contributed by atoms with Crippen molar-refractivity contribution in [3.8, 4) is 0 Å². The molecule has 2 aromatic heterocycles. The van der Waals surface area contributed by atoms with Crippen molar-refractivity contribution >= 4 is 29.1 Å². The van der Waals surface area contributed by atoms with Crippen LogP contribution in [0.25, 0.3) is 5.65 Å². The first-order chi connectivity index (χ1) is 20.7. The van der Waals surface area contributed by atoms with Gasteiger partial charge in [0.15, 0.2) is 23.2 Å². The van der Waals surface area contributed by atoms with E-state index in [-0.39, 0.29) is 42.3 Å². The van der Waals surface area contributed by atoms with Crippen molar-refractivity contribution in [3.05, 3.63) is 58.7 Å². The third kappa shape index (κ3) is 7.80. The average molecular weight is 610 g/mol. The Morgan fingerprint density at radius 1 is 1.11 bits per heavy atom. The highest BCUT2D eigenvalue weighted by atomic mass is 19.1. The number of ketones is 1. The van der Waals surface area contributed by atoms with Crippen molar-refractivity contribution in [2.24, 2.45) is 5.41 Å². The van der Waals surface area contributed by atoms with Crippen LogP contribution in [0.5, 0.6) is 0 Å². The van der Waals surface area contributed by atoms with Crippen LogP contribution in [-0.4, -0.2) is 64.1 Å². The highest BCUT2D eigenvalue weighted by molar-refractivity contribution is 5.96. The van der Waals surface area contributed by atoms with Crippen LogP contribution < -0.4 is 10.2 Å². The second-order valence-corrected chi connectivity index (χ2v) is 12.8. The SMILES string of the molecule is CCOC(=O)C(OC(C)(C)C)c1c(C)nc2cc(C(=O)NCC(=O)Cc3ccc(F)cc3)nn2c1N1CCC(C)(CC)CC1. The summed E-state index contributed by atoms with van der Waals surface area (Å²) in [6, 6.07) is 7.25. The molecule has 44 heavy (non-hydrogen) atoms. The molecule has 3 aromatic rings. The molecule has 1 N–H and O–H groups in total. The molecule has 4 rings (SSSR count). The lowest BCUT2D eigenvalue weighted by Gasteiger charge is -2.41. The van der Waals surface area contributed by atoms with E-state index in [4.69, 9.17) is 14.5 Å². The number of anilines is 1. The van der Waals surface area contributed by atoms with Crippen molar-refractivity contribution in [2.75, 3.05) is 31.1 Å². The largest absolute Gasteiger partial charge is 0.464 e. The predicted molar refractivity (Wildman–Crippen MR) is 165 cm³/mol. The maximum absolute atomic E-state index is 13.4. The summed E-state index contributed by atoms with van der Waals surface area (Å²) >= 11 is 0. The van der Waals surface area contributed by atoms with Crippen LogP contribution in [0.2, 0.25) is 0 Å². The molecular formula is C33H44FN5O5. The van der Waals surface area contributed by atoms with Gasteiger partial charge in [-0.3, -0.25) is 9.59 Å². The Morgan fingerprint density at radius 2 is 1.77 bits per heavy atom. The number of Topliss-reactive ketones (excluding diaryl/α,β-unsaturated/α-hetero) is 1. The van der Waals surface area contributed by atoms with E-state index >= 15 is 0 Å². The fourth-order valence-corrected chi connectivity index (χ4v) is 5.41. The van der Waals surface area contributed by atoms with Crippen LogP contribution in [0.4, 0.5) is 10.2 Å². The van der Waals surface area contributed by atoms with E-state index in [2.05, 4.69) is 29.2 Å². The molecule has 1 aromatic carbocycles. The average Bonchev–Trinajstić information content (AvgIpc) is 3.39. The van der Waals surface area contributed by atoms with Gasteiger partial charge in [-0.15, -0.1) is 0 Å². The Labute approximate surface area is 258 Å². The molecule has 1 saturated heterocycles. The number of amides is 1. The smallest absolute Gasteiger partial charge is 0.340 e. The molecule has 0 spiro atoms. The van der Waals surface area contributed by atoms with Crippen molar-refractivity contribution in [1.82, 2.24) is 19.9 Å². The number of nitrogens with one attached hydrogen (secondary N) is 1. The first kappa shape index (κ1) is 33.0. The van der Waals surface area contributed by atoms with Crippen molar-refractivity contribution < 1.29 is 28.2 Å². The standard InChI is InChI=1S/C33H44FN5O5/c1-8-33(7)14-16-38(17-15-33)30-27(28(31(42)43-9-2)44-32(4,5)6)21(3)36-26-19-25(37-39(26)30)29(41)35-20-24(40)18-22-10-12-23(34)13-11-22/h10-13,19,28H,8-9,14-18,20H2,1-7H3,(H,35,41). The Kier molecular flexibility index (Phi) is 10.1. The predicted octanol–water partition coefficient (Wildman–Crippen LogP) is 5.15. The summed E-state index contributed by atoms with van der Waals surface area (Å²) in [5.74, 6) is -1.02. The molecule has 1 aliphatic heterocycles. The van der Waals surface area contributed by atoms with Crippen LogP contribution in [0.3, 0.4) is 0 Å². The van der Waals surface area contributed by atoms with Gasteiger partial charge in [0.05, 0.1) is 24.3 Å². The van der Waals surface area contributed by atoms with E-state index in [0.29, 0.717) is 28.3 Å². The minimum absolute atomic E-state index is 0.0641. The normalized spacial score (nSPS) is 15.7. The van der Waals surface area contributed by atoms with Gasteiger partial charge in [0, 0.05) is 31.3 Å². The molecule has 0 aliphatic carbocycles. The number of piperidine rings is 1. The third-order valence-corrected chi connectivity index (χ3v) is 8.16. The minimum Gasteiger partial charge on any atom is -0.464 e. The second kappa shape index (κ2) is 13.4. The Balaban J connectivity index is 1.71. The maximum Gasteiger partial charge on any atom is 0.340 e. The molecule has 0 bridgehead atoms. The highest BCUT2D eigenvalue weighted by Gasteiger charge is 2.37. The summed E-state index contributed by atoms with van der Waals surface area (Å²) < 4.78 is 26.6. The number of hydrogen-bond donors (Lipinski definition) is 1. The molecule has 1 unspecified atom stereocenters. The van der Waals surface area contributed by atoms with Crippen LogP contribution >= 0.6 is 0 Å². The number of hydrogen-bond acceptors (Lipinski definition) is 8. The Morgan fingerprint density at radius 3 is 2.36 bits per heavy atom. The van der Waals surface area contributed by atoms with Gasteiger partial charge in [-0.25, -0.2) is 14.2 Å². The van der Waals surface area contributed by atoms with Gasteiger partial charge in [0.1, 0.15) is 11.6 Å². The number of nitrogens with zero attached hydrogens (tertiary/aromatic N) is 4. The minimum atomic E-state index is -1.06. The third-order valence-electron chi connectivity index (χ3n) is 8.16. The van der Waals surface area contributed by atoms with E-state index in [1.165, 1.54) is 12.1 Å². The van der Waals surface area contributed by atoms with Crippen molar-refractivity contribution in [2.45, 2.75) is 85.9 Å². The number of rotatable bonds is 11. The number of aromatic nitrogens is 3. The van der Waals surface area contributed by atoms with Crippen LogP contribution in [0.1, 0.15) is 94.2 Å². The van der Waals surface area contributed by atoms with Gasteiger partial charge in [-0.2, -0.15) is 9.61 Å². The lowest BCUT2D eigenvalue weighted by molar-refractivity contribution is -0.166. The van der Waals surface area contributed by atoms with Gasteiger partial charge in [-0.05, 0) is 70.6 Å². The number of halogens is 1. The van der Waals surface area contributed by atoms with Crippen molar-refractivity contribution in [3.63, 3.8) is 0 Å². The number of esters is 1.